The Labute approximate surface area is 161 Å². The average molecular weight is 384 g/mol. The van der Waals surface area contributed by atoms with Gasteiger partial charge in [-0.1, -0.05) is 0 Å². The van der Waals surface area contributed by atoms with Crippen LogP contribution in [0.25, 0.3) is 11.3 Å². The van der Waals surface area contributed by atoms with E-state index in [1.807, 2.05) is 35.7 Å². The number of rotatable bonds is 7. The fraction of sp³-hybridized carbons (Fsp3) is 0.300. The number of carbonyl (C=O) groups is 1. The second kappa shape index (κ2) is 7.44. The second-order valence-electron chi connectivity index (χ2n) is 6.36. The Balaban J connectivity index is 1.67. The number of furan rings is 1. The molecule has 1 aliphatic carbocycles. The monoisotopic (exact) mass is 384 g/mol. The molecule has 1 saturated carbocycles. The van der Waals surface area contributed by atoms with Gasteiger partial charge in [-0.2, -0.15) is 0 Å². The molecule has 0 radical (unpaired) electrons. The molecule has 1 fully saturated rings. The van der Waals surface area contributed by atoms with Crippen molar-refractivity contribution in [1.82, 2.24) is 4.98 Å². The maximum Gasteiger partial charge on any atom is 0.232 e. The number of aromatic nitrogens is 1. The number of amides is 1. The first-order valence-corrected chi connectivity index (χ1v) is 9.59. The topological polar surface area (TPSA) is 64.8 Å². The van der Waals surface area contributed by atoms with Crippen molar-refractivity contribution in [2.24, 2.45) is 5.92 Å². The lowest BCUT2D eigenvalue weighted by molar-refractivity contribution is -0.120. The Kier molecular flexibility index (Phi) is 4.85. The van der Waals surface area contributed by atoms with Gasteiger partial charge < -0.3 is 13.9 Å². The van der Waals surface area contributed by atoms with E-state index in [-0.39, 0.29) is 11.8 Å². The lowest BCUT2D eigenvalue weighted by Crippen LogP contribution is -2.31. The predicted molar refractivity (Wildman–Crippen MR) is 103 cm³/mol. The smallest absolute Gasteiger partial charge is 0.232 e. The van der Waals surface area contributed by atoms with Crippen LogP contribution in [0.5, 0.6) is 11.5 Å². The van der Waals surface area contributed by atoms with E-state index in [1.54, 1.807) is 25.4 Å². The fourth-order valence-electron chi connectivity index (χ4n) is 2.88. The molecule has 0 atom stereocenters. The molecule has 0 aliphatic heterocycles. The van der Waals surface area contributed by atoms with Crippen LogP contribution in [0.15, 0.2) is 46.4 Å². The lowest BCUT2D eigenvalue weighted by atomic mass is 10.1. The van der Waals surface area contributed by atoms with E-state index in [2.05, 4.69) is 0 Å². The summed E-state index contributed by atoms with van der Waals surface area (Å²) in [7, 11) is 3.25. The third kappa shape index (κ3) is 3.68. The molecule has 2 heterocycles. The van der Waals surface area contributed by atoms with Crippen molar-refractivity contribution < 1.29 is 18.7 Å². The molecule has 1 amide bonds. The minimum atomic E-state index is 0.0960. The molecule has 3 aromatic rings. The van der Waals surface area contributed by atoms with E-state index >= 15 is 0 Å². The fourth-order valence-corrected chi connectivity index (χ4v) is 3.70. The summed E-state index contributed by atoms with van der Waals surface area (Å²) in [4.78, 5) is 19.3. The highest BCUT2D eigenvalue weighted by atomic mass is 32.1. The summed E-state index contributed by atoms with van der Waals surface area (Å²) < 4.78 is 16.2. The van der Waals surface area contributed by atoms with Crippen LogP contribution < -0.4 is 14.4 Å². The maximum absolute atomic E-state index is 12.8. The SMILES string of the molecule is COc1ccc(OC)c(-c2csc(N(Cc3ccco3)C(=O)C3CC3)n2)c1. The molecule has 1 aromatic carbocycles. The molecule has 0 saturated heterocycles. The average Bonchev–Trinajstić information content (AvgIpc) is 3.21. The molecule has 140 valence electrons. The number of benzene rings is 1. The van der Waals surface area contributed by atoms with Crippen molar-refractivity contribution in [3.63, 3.8) is 0 Å². The van der Waals surface area contributed by atoms with E-state index < -0.39 is 0 Å². The van der Waals surface area contributed by atoms with Gasteiger partial charge in [-0.3, -0.25) is 9.69 Å². The molecule has 27 heavy (non-hydrogen) atoms. The maximum atomic E-state index is 12.8. The highest BCUT2D eigenvalue weighted by Crippen LogP contribution is 2.38. The van der Waals surface area contributed by atoms with Gasteiger partial charge in [0.25, 0.3) is 0 Å². The van der Waals surface area contributed by atoms with Crippen LogP contribution in [0, 0.1) is 5.92 Å². The summed E-state index contributed by atoms with van der Waals surface area (Å²) >= 11 is 1.44. The van der Waals surface area contributed by atoms with E-state index in [4.69, 9.17) is 18.9 Å². The van der Waals surface area contributed by atoms with Crippen LogP contribution in [0.4, 0.5) is 5.13 Å². The molecule has 6 nitrogen and oxygen atoms in total. The first-order chi connectivity index (χ1) is 13.2. The standard InChI is InChI=1S/C20H20N2O4S/c1-24-14-7-8-18(25-2)16(10-14)17-12-27-20(21-17)22(19(23)13-5-6-13)11-15-4-3-9-26-15/h3-4,7-10,12-13H,5-6,11H2,1-2H3. The Morgan fingerprint density at radius 1 is 1.30 bits per heavy atom. The van der Waals surface area contributed by atoms with Crippen molar-refractivity contribution in [2.75, 3.05) is 19.1 Å². The number of anilines is 1. The predicted octanol–water partition coefficient (Wildman–Crippen LogP) is 4.36. The van der Waals surface area contributed by atoms with Crippen LogP contribution in [-0.4, -0.2) is 25.1 Å². The zero-order chi connectivity index (χ0) is 18.8. The van der Waals surface area contributed by atoms with Gasteiger partial charge in [0.2, 0.25) is 5.91 Å². The number of nitrogens with zero attached hydrogens (tertiary/aromatic N) is 2. The zero-order valence-corrected chi connectivity index (χ0v) is 16.0. The van der Waals surface area contributed by atoms with Crippen molar-refractivity contribution in [2.45, 2.75) is 19.4 Å². The largest absolute Gasteiger partial charge is 0.497 e. The number of ether oxygens (including phenoxy) is 2. The Morgan fingerprint density at radius 3 is 2.81 bits per heavy atom. The van der Waals surface area contributed by atoms with Gasteiger partial charge in [0.15, 0.2) is 5.13 Å². The lowest BCUT2D eigenvalue weighted by Gasteiger charge is -2.18. The van der Waals surface area contributed by atoms with Crippen LogP contribution in [0.3, 0.4) is 0 Å². The van der Waals surface area contributed by atoms with Crippen molar-refractivity contribution in [1.29, 1.82) is 0 Å². The number of hydrogen-bond donors (Lipinski definition) is 0. The van der Waals surface area contributed by atoms with Crippen LogP contribution in [0.1, 0.15) is 18.6 Å². The Bertz CT molecular complexity index is 931. The van der Waals surface area contributed by atoms with Gasteiger partial charge in [0.05, 0.1) is 32.7 Å². The van der Waals surface area contributed by atoms with Gasteiger partial charge in [0.1, 0.15) is 17.3 Å². The Hall–Kier alpha value is -2.80. The first-order valence-electron chi connectivity index (χ1n) is 8.71. The highest BCUT2D eigenvalue weighted by Gasteiger charge is 2.35. The molecule has 2 aromatic heterocycles. The number of thiazole rings is 1. The van der Waals surface area contributed by atoms with E-state index in [9.17, 15) is 4.79 Å². The zero-order valence-electron chi connectivity index (χ0n) is 15.2. The van der Waals surface area contributed by atoms with Crippen LogP contribution >= 0.6 is 11.3 Å². The molecule has 7 heteroatoms. The summed E-state index contributed by atoms with van der Waals surface area (Å²) in [5.74, 6) is 2.36. The highest BCUT2D eigenvalue weighted by molar-refractivity contribution is 7.14. The minimum Gasteiger partial charge on any atom is -0.497 e. The first kappa shape index (κ1) is 17.6. The summed E-state index contributed by atoms with van der Waals surface area (Å²) in [6.45, 7) is 0.379. The summed E-state index contributed by atoms with van der Waals surface area (Å²) in [5.41, 5.74) is 1.58. The van der Waals surface area contributed by atoms with Crippen LogP contribution in [-0.2, 0) is 11.3 Å². The number of carbonyl (C=O) groups excluding carboxylic acids is 1. The van der Waals surface area contributed by atoms with E-state index in [1.165, 1.54) is 11.3 Å². The molecular weight excluding hydrogens is 364 g/mol. The van der Waals surface area contributed by atoms with E-state index in [0.29, 0.717) is 17.4 Å². The van der Waals surface area contributed by atoms with Gasteiger partial charge >= 0.3 is 0 Å². The minimum absolute atomic E-state index is 0.0960. The summed E-state index contributed by atoms with van der Waals surface area (Å²) in [6.07, 6.45) is 3.49. The van der Waals surface area contributed by atoms with Gasteiger partial charge in [-0.15, -0.1) is 11.3 Å². The molecule has 0 N–H and O–H groups in total. The molecule has 1 aliphatic rings. The third-order valence-corrected chi connectivity index (χ3v) is 5.36. The number of methoxy groups -OCH3 is 2. The quantitative estimate of drug-likeness (QED) is 0.605. The van der Waals surface area contributed by atoms with Gasteiger partial charge in [-0.25, -0.2) is 4.98 Å². The second-order valence-corrected chi connectivity index (χ2v) is 7.20. The number of hydrogen-bond acceptors (Lipinski definition) is 6. The third-order valence-electron chi connectivity index (χ3n) is 4.49. The molecule has 0 spiro atoms. The van der Waals surface area contributed by atoms with E-state index in [0.717, 1.165) is 35.6 Å². The van der Waals surface area contributed by atoms with Crippen LogP contribution in [0.2, 0.25) is 0 Å². The molecule has 4 rings (SSSR count). The van der Waals surface area contributed by atoms with Gasteiger partial charge in [-0.05, 0) is 43.2 Å². The molecular formula is C20H20N2O4S. The molecule has 0 unspecified atom stereocenters. The van der Waals surface area contributed by atoms with Crippen molar-refractivity contribution in [3.8, 4) is 22.8 Å². The summed E-state index contributed by atoms with van der Waals surface area (Å²) in [5, 5.41) is 2.59. The van der Waals surface area contributed by atoms with Crippen molar-refractivity contribution >= 4 is 22.4 Å². The Morgan fingerprint density at radius 2 is 2.15 bits per heavy atom. The summed E-state index contributed by atoms with van der Waals surface area (Å²) in [6, 6.07) is 9.27. The molecule has 0 bridgehead atoms. The van der Waals surface area contributed by atoms with Crippen molar-refractivity contribution in [3.05, 3.63) is 47.7 Å². The van der Waals surface area contributed by atoms with Gasteiger partial charge in [0, 0.05) is 16.9 Å². The normalized spacial score (nSPS) is 13.4.